The molecule has 0 aliphatic carbocycles. The zero-order valence-electron chi connectivity index (χ0n) is 10.5. The Bertz CT molecular complexity index is 627. The van der Waals surface area contributed by atoms with Gasteiger partial charge in [0.1, 0.15) is 0 Å². The molecule has 1 heterocycles. The minimum atomic E-state index is -0.216. The Balaban J connectivity index is 1.94. The van der Waals surface area contributed by atoms with E-state index in [1.807, 2.05) is 18.2 Å². The molecule has 0 unspecified atom stereocenters. The second-order valence-corrected chi connectivity index (χ2v) is 4.88. The number of hydrogen-bond acceptors (Lipinski definition) is 2. The second kappa shape index (κ2) is 7.08. The van der Waals surface area contributed by atoms with Crippen molar-refractivity contribution in [1.29, 1.82) is 0 Å². The van der Waals surface area contributed by atoms with E-state index in [2.05, 4.69) is 10.3 Å². The summed E-state index contributed by atoms with van der Waals surface area (Å²) in [4.78, 5) is 15.8. The highest BCUT2D eigenvalue weighted by atomic mass is 35.5. The van der Waals surface area contributed by atoms with Crippen molar-refractivity contribution in [3.05, 3.63) is 70.0 Å². The molecule has 0 spiro atoms. The quantitative estimate of drug-likeness (QED) is 0.875. The molecule has 0 atom stereocenters. The Labute approximate surface area is 127 Å². The molecule has 0 aliphatic heterocycles. The fourth-order valence-corrected chi connectivity index (χ4v) is 1.91. The predicted molar refractivity (Wildman–Crippen MR) is 81.6 cm³/mol. The number of benzene rings is 1. The van der Waals surface area contributed by atoms with E-state index in [0.29, 0.717) is 22.2 Å². The molecule has 1 amide bonds. The van der Waals surface area contributed by atoms with Crippen molar-refractivity contribution in [1.82, 2.24) is 10.3 Å². The number of aromatic nitrogens is 1. The lowest BCUT2D eigenvalue weighted by Gasteiger charge is -2.02. The highest BCUT2D eigenvalue weighted by Crippen LogP contribution is 2.21. The maximum atomic E-state index is 11.7. The van der Waals surface area contributed by atoms with E-state index in [1.54, 1.807) is 30.5 Å². The zero-order valence-corrected chi connectivity index (χ0v) is 12.0. The van der Waals surface area contributed by atoms with Gasteiger partial charge < -0.3 is 5.32 Å². The molecule has 102 valence electrons. The monoisotopic (exact) mass is 306 g/mol. The molecule has 0 bridgehead atoms. The molecule has 5 heteroatoms. The van der Waals surface area contributed by atoms with Gasteiger partial charge in [-0.25, -0.2) is 0 Å². The van der Waals surface area contributed by atoms with Crippen LogP contribution in [-0.2, 0) is 11.3 Å². The number of carbonyl (C=O) groups is 1. The van der Waals surface area contributed by atoms with Gasteiger partial charge in [-0.2, -0.15) is 0 Å². The summed E-state index contributed by atoms with van der Waals surface area (Å²) in [5.41, 5.74) is 1.50. The van der Waals surface area contributed by atoms with Gasteiger partial charge >= 0.3 is 0 Å². The molecular formula is C15H12Cl2N2O. The number of nitrogens with zero attached hydrogens (tertiary/aromatic N) is 1. The topological polar surface area (TPSA) is 42.0 Å². The van der Waals surface area contributed by atoms with Gasteiger partial charge in [0.15, 0.2) is 0 Å². The van der Waals surface area contributed by atoms with E-state index < -0.39 is 0 Å². The molecule has 2 aromatic rings. The Kier molecular flexibility index (Phi) is 5.16. The summed E-state index contributed by atoms with van der Waals surface area (Å²) in [5.74, 6) is -0.216. The van der Waals surface area contributed by atoms with Crippen LogP contribution < -0.4 is 5.32 Å². The molecule has 20 heavy (non-hydrogen) atoms. The lowest BCUT2D eigenvalue weighted by molar-refractivity contribution is -0.116. The number of nitrogens with one attached hydrogen (secondary N) is 1. The number of hydrogen-bond donors (Lipinski definition) is 1. The van der Waals surface area contributed by atoms with Crippen LogP contribution in [0.3, 0.4) is 0 Å². The van der Waals surface area contributed by atoms with E-state index in [1.165, 1.54) is 6.08 Å². The van der Waals surface area contributed by atoms with Crippen LogP contribution in [0.2, 0.25) is 10.0 Å². The first-order valence-corrected chi connectivity index (χ1v) is 6.71. The van der Waals surface area contributed by atoms with Crippen LogP contribution >= 0.6 is 23.2 Å². The Morgan fingerprint density at radius 1 is 1.25 bits per heavy atom. The Morgan fingerprint density at radius 3 is 2.85 bits per heavy atom. The van der Waals surface area contributed by atoms with E-state index in [0.717, 1.165) is 5.69 Å². The van der Waals surface area contributed by atoms with Gasteiger partial charge in [-0.3, -0.25) is 9.78 Å². The maximum Gasteiger partial charge on any atom is 0.244 e. The number of pyridine rings is 1. The van der Waals surface area contributed by atoms with Crippen LogP contribution in [0.25, 0.3) is 6.08 Å². The molecule has 0 aliphatic rings. The average Bonchev–Trinajstić information content (AvgIpc) is 2.47. The first kappa shape index (κ1) is 14.6. The van der Waals surface area contributed by atoms with Gasteiger partial charge in [0, 0.05) is 22.3 Å². The normalized spacial score (nSPS) is 10.7. The van der Waals surface area contributed by atoms with E-state index >= 15 is 0 Å². The number of halogens is 2. The van der Waals surface area contributed by atoms with Crippen molar-refractivity contribution in [2.24, 2.45) is 0 Å². The SMILES string of the molecule is O=C(/C=C/c1cc(Cl)ccc1Cl)NCc1ccccn1. The van der Waals surface area contributed by atoms with Gasteiger partial charge in [-0.05, 0) is 42.0 Å². The molecular weight excluding hydrogens is 295 g/mol. The lowest BCUT2D eigenvalue weighted by Crippen LogP contribution is -2.20. The fraction of sp³-hybridized carbons (Fsp3) is 0.0667. The standard InChI is InChI=1S/C15H12Cl2N2O/c16-12-5-6-14(17)11(9-12)4-7-15(20)19-10-13-3-1-2-8-18-13/h1-9H,10H2,(H,19,20)/b7-4+. The summed E-state index contributed by atoms with van der Waals surface area (Å²) < 4.78 is 0. The third-order valence-corrected chi connectivity index (χ3v) is 3.12. The highest BCUT2D eigenvalue weighted by molar-refractivity contribution is 6.34. The van der Waals surface area contributed by atoms with Crippen molar-refractivity contribution in [2.45, 2.75) is 6.54 Å². The van der Waals surface area contributed by atoms with Crippen molar-refractivity contribution in [2.75, 3.05) is 0 Å². The van der Waals surface area contributed by atoms with Crippen molar-refractivity contribution in [3.63, 3.8) is 0 Å². The molecule has 0 saturated carbocycles. The smallest absolute Gasteiger partial charge is 0.244 e. The third kappa shape index (κ3) is 4.37. The van der Waals surface area contributed by atoms with Crippen LogP contribution in [0.1, 0.15) is 11.3 Å². The minimum absolute atomic E-state index is 0.216. The first-order chi connectivity index (χ1) is 9.65. The molecule has 0 saturated heterocycles. The van der Waals surface area contributed by atoms with Crippen molar-refractivity contribution < 1.29 is 4.79 Å². The molecule has 1 aromatic carbocycles. The molecule has 1 aromatic heterocycles. The van der Waals surface area contributed by atoms with Crippen LogP contribution in [0, 0.1) is 0 Å². The number of carbonyl (C=O) groups excluding carboxylic acids is 1. The van der Waals surface area contributed by atoms with Gasteiger partial charge in [-0.15, -0.1) is 0 Å². The summed E-state index contributed by atoms with van der Waals surface area (Å²) in [5, 5.41) is 3.86. The Morgan fingerprint density at radius 2 is 2.10 bits per heavy atom. The summed E-state index contributed by atoms with van der Waals surface area (Å²) in [7, 11) is 0. The van der Waals surface area contributed by atoms with Crippen molar-refractivity contribution >= 4 is 35.2 Å². The van der Waals surface area contributed by atoms with Crippen LogP contribution in [0.15, 0.2) is 48.7 Å². The first-order valence-electron chi connectivity index (χ1n) is 5.96. The van der Waals surface area contributed by atoms with Gasteiger partial charge in [0.25, 0.3) is 0 Å². The summed E-state index contributed by atoms with van der Waals surface area (Å²) in [6.07, 6.45) is 4.73. The molecule has 0 radical (unpaired) electrons. The average molecular weight is 307 g/mol. The van der Waals surface area contributed by atoms with Gasteiger partial charge in [0.05, 0.1) is 12.2 Å². The summed E-state index contributed by atoms with van der Waals surface area (Å²) in [6.45, 7) is 0.382. The van der Waals surface area contributed by atoms with E-state index in [9.17, 15) is 4.79 Å². The third-order valence-electron chi connectivity index (χ3n) is 2.54. The largest absolute Gasteiger partial charge is 0.347 e. The minimum Gasteiger partial charge on any atom is -0.347 e. The molecule has 3 nitrogen and oxygen atoms in total. The fourth-order valence-electron chi connectivity index (χ4n) is 1.55. The van der Waals surface area contributed by atoms with Crippen LogP contribution in [0.4, 0.5) is 0 Å². The maximum absolute atomic E-state index is 11.7. The highest BCUT2D eigenvalue weighted by Gasteiger charge is 2.00. The predicted octanol–water partition coefficient (Wildman–Crippen LogP) is 3.72. The van der Waals surface area contributed by atoms with E-state index in [4.69, 9.17) is 23.2 Å². The summed E-state index contributed by atoms with van der Waals surface area (Å²) >= 11 is 11.9. The Hall–Kier alpha value is -1.84. The van der Waals surface area contributed by atoms with Gasteiger partial charge in [-0.1, -0.05) is 29.3 Å². The molecule has 0 fully saturated rings. The van der Waals surface area contributed by atoms with Crippen LogP contribution in [-0.4, -0.2) is 10.9 Å². The summed E-state index contributed by atoms with van der Waals surface area (Å²) in [6, 6.07) is 10.6. The number of amides is 1. The lowest BCUT2D eigenvalue weighted by atomic mass is 10.2. The van der Waals surface area contributed by atoms with Crippen molar-refractivity contribution in [3.8, 4) is 0 Å². The van der Waals surface area contributed by atoms with Gasteiger partial charge in [0.2, 0.25) is 5.91 Å². The molecule has 2 rings (SSSR count). The van der Waals surface area contributed by atoms with E-state index in [-0.39, 0.29) is 5.91 Å². The molecule has 1 N–H and O–H groups in total. The zero-order chi connectivity index (χ0) is 14.4. The van der Waals surface area contributed by atoms with Crippen LogP contribution in [0.5, 0.6) is 0 Å². The second-order valence-electron chi connectivity index (χ2n) is 4.04. The number of rotatable bonds is 4.